The van der Waals surface area contributed by atoms with Crippen molar-refractivity contribution >= 4 is 5.97 Å². The third-order valence-electron chi connectivity index (χ3n) is 3.00. The molecular weight excluding hydrogens is 216 g/mol. The molecule has 0 aliphatic rings. The Morgan fingerprint density at radius 2 is 1.59 bits per heavy atom. The van der Waals surface area contributed by atoms with Crippen LogP contribution in [0.15, 0.2) is 0 Å². The molecule has 0 amide bonds. The molecule has 102 valence electrons. The highest BCUT2D eigenvalue weighted by Crippen LogP contribution is 2.31. The molecule has 0 aromatic heterocycles. The summed E-state index contributed by atoms with van der Waals surface area (Å²) < 4.78 is 4.96. The molecule has 0 aromatic rings. The van der Waals surface area contributed by atoms with E-state index in [1.165, 1.54) is 0 Å². The Morgan fingerprint density at radius 3 is 1.88 bits per heavy atom. The van der Waals surface area contributed by atoms with E-state index >= 15 is 0 Å². The van der Waals surface area contributed by atoms with E-state index in [1.54, 1.807) is 13.8 Å². The second-order valence-electron chi connectivity index (χ2n) is 5.82. The van der Waals surface area contributed by atoms with Gasteiger partial charge in [-0.3, -0.25) is 0 Å². The molecule has 0 saturated heterocycles. The lowest BCUT2D eigenvalue weighted by Gasteiger charge is -2.33. The molecule has 0 aliphatic heterocycles. The predicted molar refractivity (Wildman–Crippen MR) is 69.7 cm³/mol. The SMILES string of the molecule is CCOC(=O)C(C)(O)C(CC(C)C)CC(C)C. The molecule has 0 spiro atoms. The maximum atomic E-state index is 11.8. The van der Waals surface area contributed by atoms with Crippen LogP contribution in [0, 0.1) is 17.8 Å². The summed E-state index contributed by atoms with van der Waals surface area (Å²) in [7, 11) is 0. The van der Waals surface area contributed by atoms with E-state index in [0.717, 1.165) is 12.8 Å². The lowest BCUT2D eigenvalue weighted by Crippen LogP contribution is -2.45. The maximum absolute atomic E-state index is 11.8. The summed E-state index contributed by atoms with van der Waals surface area (Å²) in [5.74, 6) is 0.382. The van der Waals surface area contributed by atoms with Gasteiger partial charge < -0.3 is 9.84 Å². The minimum Gasteiger partial charge on any atom is -0.464 e. The number of aliphatic hydroxyl groups is 1. The molecule has 1 N–H and O–H groups in total. The van der Waals surface area contributed by atoms with E-state index < -0.39 is 11.6 Å². The average Bonchev–Trinajstić information content (AvgIpc) is 2.15. The van der Waals surface area contributed by atoms with E-state index in [4.69, 9.17) is 4.74 Å². The van der Waals surface area contributed by atoms with Crippen LogP contribution >= 0.6 is 0 Å². The number of hydrogen-bond donors (Lipinski definition) is 1. The van der Waals surface area contributed by atoms with E-state index in [-0.39, 0.29) is 5.92 Å². The van der Waals surface area contributed by atoms with Crippen LogP contribution in [0.1, 0.15) is 54.4 Å². The van der Waals surface area contributed by atoms with Crippen molar-refractivity contribution in [3.05, 3.63) is 0 Å². The monoisotopic (exact) mass is 244 g/mol. The van der Waals surface area contributed by atoms with Gasteiger partial charge in [-0.15, -0.1) is 0 Å². The smallest absolute Gasteiger partial charge is 0.338 e. The first-order chi connectivity index (χ1) is 7.71. The summed E-state index contributed by atoms with van der Waals surface area (Å²) >= 11 is 0. The van der Waals surface area contributed by atoms with Crippen LogP contribution in [0.2, 0.25) is 0 Å². The highest BCUT2D eigenvalue weighted by molar-refractivity contribution is 5.79. The molecule has 0 saturated carbocycles. The third kappa shape index (κ3) is 5.53. The largest absolute Gasteiger partial charge is 0.464 e. The van der Waals surface area contributed by atoms with Crippen LogP contribution < -0.4 is 0 Å². The van der Waals surface area contributed by atoms with E-state index in [2.05, 4.69) is 27.7 Å². The second-order valence-corrected chi connectivity index (χ2v) is 5.82. The summed E-state index contributed by atoms with van der Waals surface area (Å²) in [6.07, 6.45) is 1.67. The van der Waals surface area contributed by atoms with Crippen molar-refractivity contribution in [3.63, 3.8) is 0 Å². The van der Waals surface area contributed by atoms with Crippen molar-refractivity contribution < 1.29 is 14.6 Å². The molecule has 1 unspecified atom stereocenters. The maximum Gasteiger partial charge on any atom is 0.338 e. The zero-order valence-corrected chi connectivity index (χ0v) is 12.1. The van der Waals surface area contributed by atoms with Crippen molar-refractivity contribution in [1.82, 2.24) is 0 Å². The Labute approximate surface area is 106 Å². The Bertz CT molecular complexity index is 222. The molecule has 17 heavy (non-hydrogen) atoms. The van der Waals surface area contributed by atoms with Crippen molar-refractivity contribution in [1.29, 1.82) is 0 Å². The third-order valence-corrected chi connectivity index (χ3v) is 3.00. The Kier molecular flexibility index (Phi) is 6.76. The van der Waals surface area contributed by atoms with Gasteiger partial charge in [-0.05, 0) is 44.4 Å². The molecule has 0 fully saturated rings. The van der Waals surface area contributed by atoms with Gasteiger partial charge in [-0.1, -0.05) is 27.7 Å². The van der Waals surface area contributed by atoms with E-state index in [0.29, 0.717) is 18.4 Å². The molecule has 3 heteroatoms. The Balaban J connectivity index is 4.80. The minimum atomic E-state index is -1.37. The standard InChI is InChI=1S/C14H28O3/c1-7-17-13(15)14(6,16)12(8-10(2)3)9-11(4)5/h10-12,16H,7-9H2,1-6H3. The number of esters is 1. The number of hydrogen-bond acceptors (Lipinski definition) is 3. The molecule has 0 rings (SSSR count). The molecule has 0 aliphatic carbocycles. The minimum absolute atomic E-state index is 0.0402. The van der Waals surface area contributed by atoms with Crippen LogP contribution in [-0.4, -0.2) is 23.3 Å². The number of carbonyl (C=O) groups excluding carboxylic acids is 1. The van der Waals surface area contributed by atoms with Crippen molar-refractivity contribution in [2.45, 2.75) is 60.0 Å². The van der Waals surface area contributed by atoms with Crippen LogP contribution in [0.3, 0.4) is 0 Å². The molecular formula is C14H28O3. The fraction of sp³-hybridized carbons (Fsp3) is 0.929. The van der Waals surface area contributed by atoms with Gasteiger partial charge in [-0.2, -0.15) is 0 Å². The fourth-order valence-electron chi connectivity index (χ4n) is 2.14. The zero-order valence-electron chi connectivity index (χ0n) is 12.1. The van der Waals surface area contributed by atoms with Crippen LogP contribution in [0.25, 0.3) is 0 Å². The van der Waals surface area contributed by atoms with Crippen molar-refractivity contribution in [3.8, 4) is 0 Å². The van der Waals surface area contributed by atoms with Gasteiger partial charge in [0.25, 0.3) is 0 Å². The topological polar surface area (TPSA) is 46.5 Å². The quantitative estimate of drug-likeness (QED) is 0.700. The molecule has 0 bridgehead atoms. The highest BCUT2D eigenvalue weighted by atomic mass is 16.5. The van der Waals surface area contributed by atoms with Crippen LogP contribution in [0.5, 0.6) is 0 Å². The number of ether oxygens (including phenoxy) is 1. The van der Waals surface area contributed by atoms with Gasteiger partial charge in [0.1, 0.15) is 0 Å². The van der Waals surface area contributed by atoms with Gasteiger partial charge in [-0.25, -0.2) is 4.79 Å². The van der Waals surface area contributed by atoms with Crippen molar-refractivity contribution in [2.75, 3.05) is 6.61 Å². The summed E-state index contributed by atoms with van der Waals surface area (Å²) in [6, 6.07) is 0. The van der Waals surface area contributed by atoms with Crippen molar-refractivity contribution in [2.24, 2.45) is 17.8 Å². The van der Waals surface area contributed by atoms with Crippen LogP contribution in [-0.2, 0) is 9.53 Å². The predicted octanol–water partition coefficient (Wildman–Crippen LogP) is 3.01. The molecule has 0 radical (unpaired) electrons. The lowest BCUT2D eigenvalue weighted by molar-refractivity contribution is -0.170. The first kappa shape index (κ1) is 16.4. The molecule has 1 atom stereocenters. The zero-order chi connectivity index (χ0) is 13.6. The Morgan fingerprint density at radius 1 is 1.18 bits per heavy atom. The summed E-state index contributed by atoms with van der Waals surface area (Å²) in [5, 5.41) is 10.4. The van der Waals surface area contributed by atoms with Gasteiger partial charge in [0.2, 0.25) is 0 Å². The number of carbonyl (C=O) groups is 1. The van der Waals surface area contributed by atoms with E-state index in [9.17, 15) is 9.90 Å². The molecule has 3 nitrogen and oxygen atoms in total. The highest BCUT2D eigenvalue weighted by Gasteiger charge is 2.40. The van der Waals surface area contributed by atoms with Gasteiger partial charge in [0.15, 0.2) is 5.60 Å². The summed E-state index contributed by atoms with van der Waals surface area (Å²) in [5.41, 5.74) is -1.37. The van der Waals surface area contributed by atoms with Gasteiger partial charge in [0, 0.05) is 0 Å². The lowest BCUT2D eigenvalue weighted by atomic mass is 9.78. The summed E-state index contributed by atoms with van der Waals surface area (Å²) in [4.78, 5) is 11.8. The first-order valence-electron chi connectivity index (χ1n) is 6.61. The Hall–Kier alpha value is -0.570. The van der Waals surface area contributed by atoms with Crippen LogP contribution in [0.4, 0.5) is 0 Å². The first-order valence-corrected chi connectivity index (χ1v) is 6.61. The van der Waals surface area contributed by atoms with Gasteiger partial charge in [0.05, 0.1) is 6.61 Å². The summed E-state index contributed by atoms with van der Waals surface area (Å²) in [6.45, 7) is 12.1. The molecule has 0 heterocycles. The fourth-order valence-corrected chi connectivity index (χ4v) is 2.14. The van der Waals surface area contributed by atoms with E-state index in [1.807, 2.05) is 0 Å². The normalized spacial score (nSPS) is 15.4. The number of rotatable bonds is 7. The average molecular weight is 244 g/mol. The van der Waals surface area contributed by atoms with Gasteiger partial charge >= 0.3 is 5.97 Å². The second kappa shape index (κ2) is 7.00. The molecule has 0 aromatic carbocycles.